The molecule has 2 aliphatic rings. The van der Waals surface area contributed by atoms with Gasteiger partial charge < -0.3 is 5.32 Å². The first kappa shape index (κ1) is 18.7. The van der Waals surface area contributed by atoms with Gasteiger partial charge in [0, 0.05) is 17.1 Å². The van der Waals surface area contributed by atoms with Crippen molar-refractivity contribution in [2.24, 2.45) is 9.98 Å². The fraction of sp³-hybridized carbons (Fsp3) is 0.200. The van der Waals surface area contributed by atoms with E-state index in [1.807, 2.05) is 42.5 Å². The third-order valence-electron chi connectivity index (χ3n) is 4.42. The standard InChI is InChI=1S/C20H17ClN4O2S/c1-12-19(27)25-18(23-12)14-7-3-5-9-16(14)24-20(25)28-11-17(26)22-10-13-6-2-4-8-15(13)21/h2-9,12H,10-11H2,1H3,(H,22,26)/t12-/m0/s1. The van der Waals surface area contributed by atoms with E-state index in [0.717, 1.165) is 16.8 Å². The van der Waals surface area contributed by atoms with Crippen LogP contribution in [0, 0.1) is 0 Å². The maximum atomic E-state index is 12.6. The van der Waals surface area contributed by atoms with Gasteiger partial charge in [-0.15, -0.1) is 0 Å². The summed E-state index contributed by atoms with van der Waals surface area (Å²) < 4.78 is 0. The quantitative estimate of drug-likeness (QED) is 0.836. The van der Waals surface area contributed by atoms with Gasteiger partial charge in [-0.3, -0.25) is 14.6 Å². The van der Waals surface area contributed by atoms with Crippen molar-refractivity contribution in [2.75, 3.05) is 5.75 Å². The molecule has 142 valence electrons. The van der Waals surface area contributed by atoms with Crippen LogP contribution in [0.4, 0.5) is 5.69 Å². The van der Waals surface area contributed by atoms with Gasteiger partial charge >= 0.3 is 0 Å². The second-order valence-electron chi connectivity index (χ2n) is 6.37. The van der Waals surface area contributed by atoms with Crippen molar-refractivity contribution in [3.8, 4) is 0 Å². The van der Waals surface area contributed by atoms with Gasteiger partial charge in [-0.1, -0.05) is 53.7 Å². The molecule has 0 saturated carbocycles. The molecule has 1 atom stereocenters. The van der Waals surface area contributed by atoms with E-state index in [9.17, 15) is 9.59 Å². The topological polar surface area (TPSA) is 74.1 Å². The number of benzene rings is 2. The van der Waals surface area contributed by atoms with Crippen molar-refractivity contribution < 1.29 is 9.59 Å². The van der Waals surface area contributed by atoms with E-state index in [0.29, 0.717) is 22.6 Å². The summed E-state index contributed by atoms with van der Waals surface area (Å²) in [6, 6.07) is 14.5. The number of hydrogen-bond acceptors (Lipinski definition) is 5. The van der Waals surface area contributed by atoms with Crippen molar-refractivity contribution in [2.45, 2.75) is 19.5 Å². The van der Waals surface area contributed by atoms with Crippen LogP contribution in [0.15, 0.2) is 58.5 Å². The molecular weight excluding hydrogens is 396 g/mol. The Bertz CT molecular complexity index is 1020. The van der Waals surface area contributed by atoms with Gasteiger partial charge in [-0.25, -0.2) is 9.89 Å². The maximum absolute atomic E-state index is 12.6. The van der Waals surface area contributed by atoms with E-state index < -0.39 is 6.04 Å². The lowest BCUT2D eigenvalue weighted by atomic mass is 10.1. The molecule has 2 aromatic rings. The summed E-state index contributed by atoms with van der Waals surface area (Å²) in [5.41, 5.74) is 2.43. The number of fused-ring (bicyclic) bond motifs is 3. The van der Waals surface area contributed by atoms with Gasteiger partial charge in [0.05, 0.1) is 11.4 Å². The van der Waals surface area contributed by atoms with Crippen LogP contribution in [0.5, 0.6) is 0 Å². The molecule has 0 unspecified atom stereocenters. The van der Waals surface area contributed by atoms with Crippen molar-refractivity contribution in [1.29, 1.82) is 0 Å². The molecule has 6 nitrogen and oxygen atoms in total. The van der Waals surface area contributed by atoms with Gasteiger partial charge in [-0.2, -0.15) is 0 Å². The van der Waals surface area contributed by atoms with Crippen molar-refractivity contribution in [3.63, 3.8) is 0 Å². The molecule has 2 amide bonds. The largest absolute Gasteiger partial charge is 0.351 e. The first-order valence-corrected chi connectivity index (χ1v) is 10.1. The number of rotatable bonds is 4. The molecule has 0 bridgehead atoms. The lowest BCUT2D eigenvalue weighted by Gasteiger charge is -2.25. The number of carbonyl (C=O) groups excluding carboxylic acids is 2. The van der Waals surface area contributed by atoms with E-state index in [4.69, 9.17) is 11.6 Å². The Kier molecular flexibility index (Phi) is 5.19. The zero-order valence-corrected chi connectivity index (χ0v) is 16.6. The fourth-order valence-electron chi connectivity index (χ4n) is 2.99. The van der Waals surface area contributed by atoms with Crippen molar-refractivity contribution in [1.82, 2.24) is 10.2 Å². The molecule has 0 aromatic heterocycles. The Morgan fingerprint density at radius 3 is 2.79 bits per heavy atom. The highest BCUT2D eigenvalue weighted by molar-refractivity contribution is 8.14. The van der Waals surface area contributed by atoms with Gasteiger partial charge in [0.2, 0.25) is 5.91 Å². The van der Waals surface area contributed by atoms with Gasteiger partial charge in [0.25, 0.3) is 5.91 Å². The summed E-state index contributed by atoms with van der Waals surface area (Å²) in [6.07, 6.45) is 0. The van der Waals surface area contributed by atoms with Crippen LogP contribution in [0.2, 0.25) is 5.02 Å². The van der Waals surface area contributed by atoms with Crippen LogP contribution in [-0.2, 0) is 16.1 Å². The molecule has 2 aromatic carbocycles. The summed E-state index contributed by atoms with van der Waals surface area (Å²) in [5.74, 6) is 0.440. The summed E-state index contributed by atoms with van der Waals surface area (Å²) in [7, 11) is 0. The zero-order valence-electron chi connectivity index (χ0n) is 15.1. The van der Waals surface area contributed by atoms with Crippen LogP contribution in [-0.4, -0.2) is 39.5 Å². The molecular formula is C20H17ClN4O2S. The van der Waals surface area contributed by atoms with Crippen molar-refractivity contribution >= 4 is 51.9 Å². The van der Waals surface area contributed by atoms with Crippen molar-refractivity contribution in [3.05, 3.63) is 64.7 Å². The van der Waals surface area contributed by atoms with E-state index >= 15 is 0 Å². The first-order chi connectivity index (χ1) is 13.5. The first-order valence-electron chi connectivity index (χ1n) is 8.77. The molecule has 8 heteroatoms. The Hall–Kier alpha value is -2.64. The number of halogens is 1. The van der Waals surface area contributed by atoms with Crippen LogP contribution in [0.1, 0.15) is 18.1 Å². The Morgan fingerprint density at radius 2 is 1.96 bits per heavy atom. The average molecular weight is 413 g/mol. The van der Waals surface area contributed by atoms with Crippen LogP contribution in [0.25, 0.3) is 0 Å². The lowest BCUT2D eigenvalue weighted by molar-refractivity contribution is -0.124. The molecule has 0 saturated heterocycles. The molecule has 0 fully saturated rings. The molecule has 28 heavy (non-hydrogen) atoms. The average Bonchev–Trinajstić information content (AvgIpc) is 3.00. The highest BCUT2D eigenvalue weighted by atomic mass is 35.5. The number of carbonyl (C=O) groups is 2. The molecule has 4 rings (SSSR count). The summed E-state index contributed by atoms with van der Waals surface area (Å²) >= 11 is 7.33. The number of amidine groups is 2. The smallest absolute Gasteiger partial charge is 0.258 e. The highest BCUT2D eigenvalue weighted by Crippen LogP contribution is 2.33. The number of para-hydroxylation sites is 1. The van der Waals surface area contributed by atoms with E-state index in [2.05, 4.69) is 15.3 Å². The third-order valence-corrected chi connectivity index (χ3v) is 5.73. The Balaban J connectivity index is 1.46. The van der Waals surface area contributed by atoms with Crippen LogP contribution >= 0.6 is 23.4 Å². The minimum Gasteiger partial charge on any atom is -0.351 e. The number of nitrogens with zero attached hydrogens (tertiary/aromatic N) is 3. The third kappa shape index (κ3) is 3.55. The fourth-order valence-corrected chi connectivity index (χ4v) is 4.02. The lowest BCUT2D eigenvalue weighted by Crippen LogP contribution is -2.41. The van der Waals surface area contributed by atoms with Gasteiger partial charge in [0.1, 0.15) is 11.9 Å². The SMILES string of the molecule is C[C@@H]1N=C2c3ccccc3N=C(SCC(=O)NCc3ccccc3Cl)N2C1=O. The van der Waals surface area contributed by atoms with E-state index in [-0.39, 0.29) is 17.6 Å². The Morgan fingerprint density at radius 1 is 1.21 bits per heavy atom. The molecule has 0 aliphatic carbocycles. The molecule has 2 heterocycles. The number of amides is 2. The Labute approximate surface area is 171 Å². The highest BCUT2D eigenvalue weighted by Gasteiger charge is 2.39. The number of aliphatic imine (C=N–C) groups is 2. The minimum absolute atomic E-state index is 0.132. The molecule has 2 aliphatic heterocycles. The van der Waals surface area contributed by atoms with Crippen LogP contribution < -0.4 is 5.32 Å². The second-order valence-corrected chi connectivity index (χ2v) is 7.72. The molecule has 0 radical (unpaired) electrons. The zero-order chi connectivity index (χ0) is 19.7. The van der Waals surface area contributed by atoms with Gasteiger partial charge in [-0.05, 0) is 30.7 Å². The predicted molar refractivity (Wildman–Crippen MR) is 112 cm³/mol. The molecule has 0 spiro atoms. The summed E-state index contributed by atoms with van der Waals surface area (Å²) in [4.78, 5) is 35.4. The summed E-state index contributed by atoms with van der Waals surface area (Å²) in [6.45, 7) is 2.11. The van der Waals surface area contributed by atoms with E-state index in [1.54, 1.807) is 13.0 Å². The maximum Gasteiger partial charge on any atom is 0.258 e. The van der Waals surface area contributed by atoms with E-state index in [1.165, 1.54) is 16.7 Å². The number of hydrogen-bond donors (Lipinski definition) is 1. The summed E-state index contributed by atoms with van der Waals surface area (Å²) in [5, 5.41) is 3.93. The number of nitrogens with one attached hydrogen (secondary N) is 1. The second kappa shape index (κ2) is 7.77. The predicted octanol–water partition coefficient (Wildman–Crippen LogP) is 3.37. The normalized spacial score (nSPS) is 17.6. The van der Waals surface area contributed by atoms with Crippen LogP contribution in [0.3, 0.4) is 0 Å². The number of thioether (sulfide) groups is 1. The monoisotopic (exact) mass is 412 g/mol. The van der Waals surface area contributed by atoms with Gasteiger partial charge in [0.15, 0.2) is 5.17 Å². The minimum atomic E-state index is -0.457. The molecule has 1 N–H and O–H groups in total.